The molecule has 1 aromatic carbocycles. The fraction of sp³-hybridized carbons (Fsp3) is 0.550. The summed E-state index contributed by atoms with van der Waals surface area (Å²) in [5, 5.41) is 4.56. The molecule has 4 atom stereocenters. The maximum absolute atomic E-state index is 13.6. The number of fused-ring (bicyclic) bond motifs is 2. The molecule has 0 radical (unpaired) electrons. The van der Waals surface area contributed by atoms with Crippen LogP contribution in [0.4, 0.5) is 4.39 Å². The number of likely N-dealkylation sites (tertiary alicyclic amines) is 1. The number of nitrogens with one attached hydrogen (secondary N) is 2. The quantitative estimate of drug-likeness (QED) is 0.835. The average molecular weight is 341 g/mol. The first-order chi connectivity index (χ1) is 12.0. The summed E-state index contributed by atoms with van der Waals surface area (Å²) >= 11 is 0. The number of piperidine rings is 1. The number of carbonyl (C=O) groups is 1. The summed E-state index contributed by atoms with van der Waals surface area (Å²) in [6, 6.07) is 5.89. The van der Waals surface area contributed by atoms with Crippen LogP contribution < -0.4 is 5.32 Å². The smallest absolute Gasteiger partial charge is 0.270 e. The highest BCUT2D eigenvalue weighted by molar-refractivity contribution is 6.01. The van der Waals surface area contributed by atoms with Crippen molar-refractivity contribution in [3.8, 4) is 0 Å². The third-order valence-corrected chi connectivity index (χ3v) is 6.94. The van der Waals surface area contributed by atoms with Crippen molar-refractivity contribution in [2.75, 3.05) is 6.54 Å². The summed E-state index contributed by atoms with van der Waals surface area (Å²) in [6.45, 7) is 5.04. The number of nitrogens with zero attached hydrogens (tertiary/aromatic N) is 1. The molecule has 3 aliphatic rings. The van der Waals surface area contributed by atoms with Gasteiger partial charge in [-0.05, 0) is 56.4 Å². The molecule has 2 N–H and O–H groups in total. The van der Waals surface area contributed by atoms with E-state index >= 15 is 0 Å². The molecule has 1 aromatic heterocycles. The number of halogens is 1. The Hall–Kier alpha value is -1.88. The molecule has 132 valence electrons. The first-order valence-electron chi connectivity index (χ1n) is 9.32. The third kappa shape index (κ3) is 2.05. The summed E-state index contributed by atoms with van der Waals surface area (Å²) in [5.41, 5.74) is 2.48. The molecule has 2 saturated heterocycles. The van der Waals surface area contributed by atoms with E-state index in [-0.39, 0.29) is 17.1 Å². The molecular formula is C20H24FN3O. The Bertz CT molecular complexity index is 875. The third-order valence-electron chi connectivity index (χ3n) is 6.94. The fourth-order valence-electron chi connectivity index (χ4n) is 5.71. The Labute approximate surface area is 146 Å². The van der Waals surface area contributed by atoms with E-state index < -0.39 is 0 Å². The van der Waals surface area contributed by atoms with Gasteiger partial charge in [0, 0.05) is 41.0 Å². The van der Waals surface area contributed by atoms with E-state index in [4.69, 9.17) is 0 Å². The number of carbonyl (C=O) groups excluding carboxylic acids is 1. The van der Waals surface area contributed by atoms with Gasteiger partial charge in [-0.15, -0.1) is 0 Å². The number of rotatable bonds is 1. The van der Waals surface area contributed by atoms with Crippen molar-refractivity contribution in [1.82, 2.24) is 15.2 Å². The second-order valence-electron chi connectivity index (χ2n) is 8.35. The molecule has 5 rings (SSSR count). The monoisotopic (exact) mass is 341 g/mol. The summed E-state index contributed by atoms with van der Waals surface area (Å²) < 4.78 is 13.6. The van der Waals surface area contributed by atoms with Crippen LogP contribution in [-0.4, -0.2) is 40.5 Å². The first-order valence-corrected chi connectivity index (χ1v) is 9.32. The normalized spacial score (nSPS) is 33.9. The van der Waals surface area contributed by atoms with Crippen molar-refractivity contribution in [2.24, 2.45) is 5.41 Å². The van der Waals surface area contributed by atoms with Crippen LogP contribution in [0.5, 0.6) is 0 Å². The number of aromatic nitrogens is 1. The maximum atomic E-state index is 13.6. The molecular weight excluding hydrogens is 317 g/mol. The first kappa shape index (κ1) is 15.4. The predicted octanol–water partition coefficient (Wildman–Crippen LogP) is 3.36. The zero-order chi connectivity index (χ0) is 17.3. The molecule has 1 amide bonds. The SMILES string of the molecule is Cc1c(C(=O)N2C[C@@H]3C[C@@]4(C)[C@H](CCC[C@@H]24)N3)[nH]c2ccc(F)cc12. The van der Waals surface area contributed by atoms with Crippen LogP contribution in [0, 0.1) is 18.2 Å². The zero-order valence-corrected chi connectivity index (χ0v) is 14.7. The molecule has 0 unspecified atom stereocenters. The second-order valence-corrected chi connectivity index (χ2v) is 8.35. The van der Waals surface area contributed by atoms with E-state index in [0.717, 1.165) is 29.4 Å². The molecule has 1 saturated carbocycles. The lowest BCUT2D eigenvalue weighted by Gasteiger charge is -2.50. The largest absolute Gasteiger partial charge is 0.350 e. The Balaban J connectivity index is 1.55. The lowest BCUT2D eigenvalue weighted by molar-refractivity contribution is 0.0127. The van der Waals surface area contributed by atoms with E-state index in [2.05, 4.69) is 22.1 Å². The van der Waals surface area contributed by atoms with Gasteiger partial charge in [-0.25, -0.2) is 4.39 Å². The Kier molecular flexibility index (Phi) is 3.12. The highest BCUT2D eigenvalue weighted by Crippen LogP contribution is 2.50. The van der Waals surface area contributed by atoms with Crippen LogP contribution in [0.3, 0.4) is 0 Å². The van der Waals surface area contributed by atoms with Crippen molar-refractivity contribution in [2.45, 2.75) is 57.7 Å². The predicted molar refractivity (Wildman–Crippen MR) is 95.1 cm³/mol. The van der Waals surface area contributed by atoms with Crippen molar-refractivity contribution >= 4 is 16.8 Å². The minimum absolute atomic E-state index is 0.0689. The van der Waals surface area contributed by atoms with Crippen LogP contribution in [0.15, 0.2) is 18.2 Å². The molecule has 3 heterocycles. The molecule has 2 bridgehead atoms. The molecule has 25 heavy (non-hydrogen) atoms. The Morgan fingerprint density at radius 2 is 2.20 bits per heavy atom. The fourth-order valence-corrected chi connectivity index (χ4v) is 5.71. The van der Waals surface area contributed by atoms with Crippen LogP contribution in [0.1, 0.15) is 48.7 Å². The molecule has 3 fully saturated rings. The van der Waals surface area contributed by atoms with Gasteiger partial charge in [0.25, 0.3) is 5.91 Å². The molecule has 2 aromatic rings. The van der Waals surface area contributed by atoms with E-state index in [9.17, 15) is 9.18 Å². The van der Waals surface area contributed by atoms with Crippen LogP contribution in [0.2, 0.25) is 0 Å². The highest BCUT2D eigenvalue weighted by atomic mass is 19.1. The molecule has 2 aliphatic heterocycles. The molecule has 5 heteroatoms. The van der Waals surface area contributed by atoms with Gasteiger partial charge in [0.05, 0.1) is 0 Å². The summed E-state index contributed by atoms with van der Waals surface area (Å²) in [5.74, 6) is -0.198. The van der Waals surface area contributed by atoms with Gasteiger partial charge in [-0.1, -0.05) is 6.92 Å². The van der Waals surface area contributed by atoms with Crippen LogP contribution in [0.25, 0.3) is 10.9 Å². The topological polar surface area (TPSA) is 48.1 Å². The van der Waals surface area contributed by atoms with E-state index in [0.29, 0.717) is 23.8 Å². The Morgan fingerprint density at radius 1 is 1.36 bits per heavy atom. The van der Waals surface area contributed by atoms with Crippen LogP contribution >= 0.6 is 0 Å². The average Bonchev–Trinajstić information content (AvgIpc) is 3.09. The van der Waals surface area contributed by atoms with Gasteiger partial charge in [0.1, 0.15) is 11.5 Å². The summed E-state index contributed by atoms with van der Waals surface area (Å²) in [4.78, 5) is 18.7. The summed E-state index contributed by atoms with van der Waals surface area (Å²) in [6.07, 6.45) is 4.64. The second kappa shape index (κ2) is 5.07. The van der Waals surface area contributed by atoms with Crippen molar-refractivity contribution in [1.29, 1.82) is 0 Å². The lowest BCUT2D eigenvalue weighted by Crippen LogP contribution is -2.57. The molecule has 1 aliphatic carbocycles. The Morgan fingerprint density at radius 3 is 3.04 bits per heavy atom. The number of hydrogen-bond donors (Lipinski definition) is 2. The summed E-state index contributed by atoms with van der Waals surface area (Å²) in [7, 11) is 0. The lowest BCUT2D eigenvalue weighted by atomic mass is 9.66. The highest BCUT2D eigenvalue weighted by Gasteiger charge is 2.57. The number of hydrogen-bond acceptors (Lipinski definition) is 2. The number of aromatic amines is 1. The number of amides is 1. The minimum Gasteiger partial charge on any atom is -0.350 e. The van der Waals surface area contributed by atoms with Crippen molar-refractivity contribution in [3.63, 3.8) is 0 Å². The van der Waals surface area contributed by atoms with Crippen LogP contribution in [-0.2, 0) is 0 Å². The number of benzene rings is 1. The van der Waals surface area contributed by atoms with Crippen molar-refractivity contribution < 1.29 is 9.18 Å². The number of aryl methyl sites for hydroxylation is 1. The van der Waals surface area contributed by atoms with Gasteiger partial charge in [-0.2, -0.15) is 0 Å². The standard InChI is InChI=1S/C20H24FN3O/c1-11-14-8-12(21)6-7-15(14)23-18(11)19(25)24-10-13-9-20(2)16(22-13)4-3-5-17(20)24/h6-8,13,16-17,22-23H,3-5,9-10H2,1-2H3/t13-,16-,17+,20-/m0/s1. The van der Waals surface area contributed by atoms with Gasteiger partial charge < -0.3 is 15.2 Å². The minimum atomic E-state index is -0.267. The van der Waals surface area contributed by atoms with Crippen molar-refractivity contribution in [3.05, 3.63) is 35.3 Å². The van der Waals surface area contributed by atoms with Gasteiger partial charge in [0.15, 0.2) is 0 Å². The van der Waals surface area contributed by atoms with Gasteiger partial charge in [0.2, 0.25) is 0 Å². The molecule has 0 spiro atoms. The van der Waals surface area contributed by atoms with E-state index in [1.54, 1.807) is 6.07 Å². The maximum Gasteiger partial charge on any atom is 0.270 e. The number of H-pyrrole nitrogens is 1. The molecule has 4 nitrogen and oxygen atoms in total. The van der Waals surface area contributed by atoms with Gasteiger partial charge >= 0.3 is 0 Å². The zero-order valence-electron chi connectivity index (χ0n) is 14.7. The van der Waals surface area contributed by atoms with Gasteiger partial charge in [-0.3, -0.25) is 4.79 Å². The van der Waals surface area contributed by atoms with E-state index in [1.165, 1.54) is 31.4 Å². The van der Waals surface area contributed by atoms with E-state index in [1.807, 2.05) is 6.92 Å².